The van der Waals surface area contributed by atoms with Crippen LogP contribution in [0.25, 0.3) is 0 Å². The molecule has 0 radical (unpaired) electrons. The lowest BCUT2D eigenvalue weighted by Crippen LogP contribution is -2.45. The molecule has 6 heteroatoms. The molecule has 24 heavy (non-hydrogen) atoms. The summed E-state index contributed by atoms with van der Waals surface area (Å²) in [5, 5.41) is 2.76. The van der Waals surface area contributed by atoms with Crippen molar-refractivity contribution in [1.82, 2.24) is 15.1 Å². The Kier molecular flexibility index (Phi) is 5.48. The highest BCUT2D eigenvalue weighted by atomic mass is 16.5. The molecule has 0 aromatic heterocycles. The van der Waals surface area contributed by atoms with E-state index in [1.807, 2.05) is 29.2 Å². The van der Waals surface area contributed by atoms with Crippen LogP contribution in [-0.4, -0.2) is 67.0 Å². The van der Waals surface area contributed by atoms with Gasteiger partial charge in [0.2, 0.25) is 5.91 Å². The van der Waals surface area contributed by atoms with E-state index in [4.69, 9.17) is 4.74 Å². The van der Waals surface area contributed by atoms with Gasteiger partial charge in [0, 0.05) is 51.3 Å². The van der Waals surface area contributed by atoms with Gasteiger partial charge in [-0.3, -0.25) is 14.5 Å². The minimum absolute atomic E-state index is 0.0543. The Hall–Kier alpha value is -1.92. The van der Waals surface area contributed by atoms with Crippen LogP contribution in [-0.2, 0) is 16.1 Å². The summed E-state index contributed by atoms with van der Waals surface area (Å²) in [6, 6.07) is 7.96. The second-order valence-electron chi connectivity index (χ2n) is 6.45. The van der Waals surface area contributed by atoms with Gasteiger partial charge in [-0.05, 0) is 24.1 Å². The van der Waals surface area contributed by atoms with Crippen molar-refractivity contribution in [1.29, 1.82) is 0 Å². The predicted octanol–water partition coefficient (Wildman–Crippen LogP) is 0.869. The van der Waals surface area contributed by atoms with Crippen LogP contribution in [0.3, 0.4) is 0 Å². The first-order valence-electron chi connectivity index (χ1n) is 8.58. The van der Waals surface area contributed by atoms with Crippen LogP contribution in [0.15, 0.2) is 24.3 Å². The molecular formula is C18H25N3O3. The normalized spacial score (nSPS) is 21.7. The van der Waals surface area contributed by atoms with E-state index >= 15 is 0 Å². The van der Waals surface area contributed by atoms with Crippen molar-refractivity contribution in [2.45, 2.75) is 25.9 Å². The highest BCUT2D eigenvalue weighted by Gasteiger charge is 2.31. The monoisotopic (exact) mass is 331 g/mol. The number of hydrogen-bond donors (Lipinski definition) is 1. The molecule has 3 rings (SSSR count). The van der Waals surface area contributed by atoms with E-state index in [-0.39, 0.29) is 11.8 Å². The fraction of sp³-hybridized carbons (Fsp3) is 0.556. The average Bonchev–Trinajstić information content (AvgIpc) is 3.10. The Labute approximate surface area is 142 Å². The number of carbonyl (C=O) groups excluding carboxylic acids is 2. The summed E-state index contributed by atoms with van der Waals surface area (Å²) in [4.78, 5) is 28.0. The number of amides is 2. The molecule has 1 aromatic rings. The SMILES string of the molecule is CC(=O)NCc1ccc(C(=O)N2CCC(N3CCOCC3)C2)cc1. The number of nitrogens with zero attached hydrogens (tertiary/aromatic N) is 2. The van der Waals surface area contributed by atoms with Crippen molar-refractivity contribution in [2.75, 3.05) is 39.4 Å². The molecule has 1 atom stereocenters. The maximum absolute atomic E-state index is 12.7. The van der Waals surface area contributed by atoms with Crippen LogP contribution >= 0.6 is 0 Å². The summed E-state index contributed by atoms with van der Waals surface area (Å²) in [5.41, 5.74) is 1.71. The number of nitrogens with one attached hydrogen (secondary N) is 1. The molecule has 2 fully saturated rings. The lowest BCUT2D eigenvalue weighted by molar-refractivity contribution is -0.119. The Morgan fingerprint density at radius 2 is 1.88 bits per heavy atom. The fourth-order valence-electron chi connectivity index (χ4n) is 3.34. The Morgan fingerprint density at radius 3 is 2.54 bits per heavy atom. The molecule has 2 aliphatic heterocycles. The standard InChI is InChI=1S/C18H25N3O3/c1-14(22)19-12-15-2-4-16(5-3-15)18(23)21-7-6-17(13-21)20-8-10-24-11-9-20/h2-5,17H,6-13H2,1H3,(H,19,22). The minimum atomic E-state index is -0.0543. The van der Waals surface area contributed by atoms with Gasteiger partial charge in [0.25, 0.3) is 5.91 Å². The van der Waals surface area contributed by atoms with Crippen LogP contribution in [0.5, 0.6) is 0 Å². The number of likely N-dealkylation sites (tertiary alicyclic amines) is 1. The summed E-state index contributed by atoms with van der Waals surface area (Å²) >= 11 is 0. The van der Waals surface area contributed by atoms with E-state index in [1.165, 1.54) is 6.92 Å². The summed E-state index contributed by atoms with van der Waals surface area (Å²) in [6.07, 6.45) is 1.03. The first-order chi connectivity index (χ1) is 11.6. The van der Waals surface area contributed by atoms with Crippen LogP contribution in [0, 0.1) is 0 Å². The third kappa shape index (κ3) is 4.13. The van der Waals surface area contributed by atoms with Crippen molar-refractivity contribution in [3.05, 3.63) is 35.4 Å². The first kappa shape index (κ1) is 16.9. The fourth-order valence-corrected chi connectivity index (χ4v) is 3.34. The summed E-state index contributed by atoms with van der Waals surface area (Å²) in [7, 11) is 0. The average molecular weight is 331 g/mol. The third-order valence-corrected chi connectivity index (χ3v) is 4.76. The quantitative estimate of drug-likeness (QED) is 0.889. The van der Waals surface area contributed by atoms with Crippen LogP contribution in [0.1, 0.15) is 29.3 Å². The lowest BCUT2D eigenvalue weighted by Gasteiger charge is -2.32. The molecule has 130 valence electrons. The van der Waals surface area contributed by atoms with Gasteiger partial charge in [0.1, 0.15) is 0 Å². The molecule has 0 saturated carbocycles. The van der Waals surface area contributed by atoms with Crippen molar-refractivity contribution in [2.24, 2.45) is 0 Å². The molecule has 2 saturated heterocycles. The Balaban J connectivity index is 1.55. The van der Waals surface area contributed by atoms with E-state index in [1.54, 1.807) is 0 Å². The maximum atomic E-state index is 12.7. The highest BCUT2D eigenvalue weighted by Crippen LogP contribution is 2.19. The molecule has 2 amide bonds. The van der Waals surface area contributed by atoms with Gasteiger partial charge < -0.3 is 15.0 Å². The van der Waals surface area contributed by atoms with E-state index in [0.717, 1.165) is 51.4 Å². The largest absolute Gasteiger partial charge is 0.379 e. The number of morpholine rings is 1. The molecular weight excluding hydrogens is 306 g/mol. The second-order valence-corrected chi connectivity index (χ2v) is 6.45. The molecule has 0 spiro atoms. The first-order valence-corrected chi connectivity index (χ1v) is 8.58. The summed E-state index contributed by atoms with van der Waals surface area (Å²) < 4.78 is 5.40. The Morgan fingerprint density at radius 1 is 1.17 bits per heavy atom. The number of ether oxygens (including phenoxy) is 1. The lowest BCUT2D eigenvalue weighted by atomic mass is 10.1. The summed E-state index contributed by atoms with van der Waals surface area (Å²) in [5.74, 6) is 0.0400. The van der Waals surface area contributed by atoms with E-state index in [0.29, 0.717) is 18.2 Å². The Bertz CT molecular complexity index is 582. The molecule has 1 aromatic carbocycles. The van der Waals surface area contributed by atoms with Gasteiger partial charge >= 0.3 is 0 Å². The summed E-state index contributed by atoms with van der Waals surface area (Å²) in [6.45, 7) is 7.11. The molecule has 1 unspecified atom stereocenters. The van der Waals surface area contributed by atoms with Crippen LogP contribution in [0.2, 0.25) is 0 Å². The maximum Gasteiger partial charge on any atom is 0.253 e. The van der Waals surface area contributed by atoms with E-state index in [2.05, 4.69) is 10.2 Å². The second kappa shape index (κ2) is 7.77. The molecule has 1 N–H and O–H groups in total. The van der Waals surface area contributed by atoms with Gasteiger partial charge in [-0.25, -0.2) is 0 Å². The third-order valence-electron chi connectivity index (χ3n) is 4.76. The molecule has 2 aliphatic rings. The van der Waals surface area contributed by atoms with Crippen molar-refractivity contribution < 1.29 is 14.3 Å². The zero-order chi connectivity index (χ0) is 16.9. The van der Waals surface area contributed by atoms with Crippen molar-refractivity contribution in [3.63, 3.8) is 0 Å². The molecule has 0 aliphatic carbocycles. The number of carbonyl (C=O) groups is 2. The zero-order valence-corrected chi connectivity index (χ0v) is 14.2. The number of hydrogen-bond acceptors (Lipinski definition) is 4. The smallest absolute Gasteiger partial charge is 0.253 e. The van der Waals surface area contributed by atoms with Gasteiger partial charge in [-0.1, -0.05) is 12.1 Å². The van der Waals surface area contributed by atoms with Crippen molar-refractivity contribution in [3.8, 4) is 0 Å². The van der Waals surface area contributed by atoms with E-state index < -0.39 is 0 Å². The van der Waals surface area contributed by atoms with E-state index in [9.17, 15) is 9.59 Å². The molecule has 6 nitrogen and oxygen atoms in total. The minimum Gasteiger partial charge on any atom is -0.379 e. The van der Waals surface area contributed by atoms with Crippen molar-refractivity contribution >= 4 is 11.8 Å². The predicted molar refractivity (Wildman–Crippen MR) is 90.7 cm³/mol. The van der Waals surface area contributed by atoms with Gasteiger partial charge in [-0.2, -0.15) is 0 Å². The number of benzene rings is 1. The van der Waals surface area contributed by atoms with Gasteiger partial charge in [0.05, 0.1) is 13.2 Å². The zero-order valence-electron chi connectivity index (χ0n) is 14.2. The van der Waals surface area contributed by atoms with Gasteiger partial charge in [0.15, 0.2) is 0 Å². The van der Waals surface area contributed by atoms with Crippen LogP contribution in [0.4, 0.5) is 0 Å². The number of rotatable bonds is 4. The molecule has 2 heterocycles. The van der Waals surface area contributed by atoms with Gasteiger partial charge in [-0.15, -0.1) is 0 Å². The molecule has 0 bridgehead atoms. The highest BCUT2D eigenvalue weighted by molar-refractivity contribution is 5.94. The topological polar surface area (TPSA) is 61.9 Å². The van der Waals surface area contributed by atoms with Crippen LogP contribution < -0.4 is 5.32 Å².